The van der Waals surface area contributed by atoms with E-state index in [4.69, 9.17) is 9.47 Å². The summed E-state index contributed by atoms with van der Waals surface area (Å²) in [5.74, 6) is 5.61. The Kier molecular flexibility index (Phi) is 7.27. The molecule has 8 nitrogen and oxygen atoms in total. The zero-order valence-electron chi connectivity index (χ0n) is 20.7. The Bertz CT molecular complexity index is 1670. The highest BCUT2D eigenvalue weighted by atomic mass is 16.5. The van der Waals surface area contributed by atoms with Gasteiger partial charge in [0.25, 0.3) is 5.91 Å². The van der Waals surface area contributed by atoms with Crippen LogP contribution in [0.4, 0.5) is 0 Å². The molecule has 0 aliphatic carbocycles. The average Bonchev–Trinajstić information content (AvgIpc) is 3.44. The summed E-state index contributed by atoms with van der Waals surface area (Å²) in [6, 6.07) is 25.0. The Morgan fingerprint density at radius 2 is 1.66 bits per heavy atom. The number of nitrogens with one attached hydrogen (secondary N) is 1. The molecule has 0 fully saturated rings. The summed E-state index contributed by atoms with van der Waals surface area (Å²) < 4.78 is 12.6. The van der Waals surface area contributed by atoms with Crippen molar-refractivity contribution in [1.29, 1.82) is 0 Å². The maximum Gasteiger partial charge on any atom is 0.325 e. The highest BCUT2D eigenvalue weighted by molar-refractivity contribution is 6.07. The Hall–Kier alpha value is -5.16. The SMILES string of the molecule is CCOC(=O)CNC(=O)c1c(OCc2ccccc2)c2ccc(C#Cc3ccccc3)cc2c2ncnn12. The standard InChI is InChI=1S/C30H24N4O4/c1-2-37-26(35)18-31-30(36)27-28(38-19-23-11-7-4-8-12-23)24-16-15-22(14-13-21-9-5-3-6-10-21)17-25(24)29-32-20-33-34(27)29/h3-12,15-17,20H,2,18-19H2,1H3,(H,31,36). The molecule has 1 N–H and O–H groups in total. The molecule has 0 saturated carbocycles. The number of benzene rings is 3. The lowest BCUT2D eigenvalue weighted by Crippen LogP contribution is -2.32. The molecule has 0 aliphatic heterocycles. The molecular formula is C30H24N4O4. The minimum absolute atomic E-state index is 0.133. The second-order valence-corrected chi connectivity index (χ2v) is 8.31. The Balaban J connectivity index is 1.60. The predicted octanol–water partition coefficient (Wildman–Crippen LogP) is 4.15. The van der Waals surface area contributed by atoms with Crippen molar-refractivity contribution in [2.45, 2.75) is 13.5 Å². The van der Waals surface area contributed by atoms with Crippen LogP contribution in [0.5, 0.6) is 5.75 Å². The highest BCUT2D eigenvalue weighted by Crippen LogP contribution is 2.33. The van der Waals surface area contributed by atoms with Crippen LogP contribution in [0.1, 0.15) is 34.1 Å². The molecule has 2 heterocycles. The van der Waals surface area contributed by atoms with Gasteiger partial charge in [0.2, 0.25) is 0 Å². The molecular weight excluding hydrogens is 480 g/mol. The van der Waals surface area contributed by atoms with E-state index >= 15 is 0 Å². The Morgan fingerprint density at radius 1 is 0.921 bits per heavy atom. The van der Waals surface area contributed by atoms with E-state index in [0.29, 0.717) is 16.8 Å². The van der Waals surface area contributed by atoms with Gasteiger partial charge in [0.05, 0.1) is 6.61 Å². The molecule has 0 saturated heterocycles. The van der Waals surface area contributed by atoms with Crippen molar-refractivity contribution in [1.82, 2.24) is 19.9 Å². The fourth-order valence-electron chi connectivity index (χ4n) is 4.01. The van der Waals surface area contributed by atoms with Gasteiger partial charge in [-0.05, 0) is 42.8 Å². The van der Waals surface area contributed by atoms with Gasteiger partial charge < -0.3 is 14.8 Å². The fraction of sp³-hybridized carbons (Fsp3) is 0.133. The molecule has 5 aromatic rings. The van der Waals surface area contributed by atoms with E-state index in [2.05, 4.69) is 27.2 Å². The number of pyridine rings is 1. The molecule has 8 heteroatoms. The molecule has 5 rings (SSSR count). The van der Waals surface area contributed by atoms with Crippen molar-refractivity contribution in [2.75, 3.05) is 13.2 Å². The number of nitrogens with zero attached hydrogens (tertiary/aromatic N) is 3. The zero-order chi connectivity index (χ0) is 26.3. The minimum Gasteiger partial charge on any atom is -0.486 e. The molecule has 3 aromatic carbocycles. The number of rotatable bonds is 7. The molecule has 0 bridgehead atoms. The van der Waals surface area contributed by atoms with E-state index < -0.39 is 11.9 Å². The van der Waals surface area contributed by atoms with Crippen LogP contribution in [0.25, 0.3) is 16.4 Å². The third-order valence-corrected chi connectivity index (χ3v) is 5.74. The van der Waals surface area contributed by atoms with Gasteiger partial charge in [0.15, 0.2) is 17.1 Å². The van der Waals surface area contributed by atoms with Gasteiger partial charge in [0, 0.05) is 21.9 Å². The number of aromatic nitrogens is 3. The van der Waals surface area contributed by atoms with Crippen LogP contribution >= 0.6 is 0 Å². The number of hydrogen-bond donors (Lipinski definition) is 1. The Labute approximate surface area is 219 Å². The number of esters is 1. The number of carbonyl (C=O) groups excluding carboxylic acids is 2. The van der Waals surface area contributed by atoms with Crippen LogP contribution in [0.15, 0.2) is 85.2 Å². The number of amides is 1. The third-order valence-electron chi connectivity index (χ3n) is 5.74. The fourth-order valence-corrected chi connectivity index (χ4v) is 4.01. The van der Waals surface area contributed by atoms with Gasteiger partial charge in [-0.3, -0.25) is 9.59 Å². The normalized spacial score (nSPS) is 10.6. The van der Waals surface area contributed by atoms with Gasteiger partial charge in [0.1, 0.15) is 19.5 Å². The summed E-state index contributed by atoms with van der Waals surface area (Å²) in [4.78, 5) is 29.7. The largest absolute Gasteiger partial charge is 0.486 e. The molecule has 0 spiro atoms. The first kappa shape index (κ1) is 24.5. The summed E-state index contributed by atoms with van der Waals surface area (Å²) in [6.07, 6.45) is 1.38. The molecule has 38 heavy (non-hydrogen) atoms. The maximum absolute atomic E-state index is 13.4. The van der Waals surface area contributed by atoms with Crippen molar-refractivity contribution in [2.24, 2.45) is 0 Å². The van der Waals surface area contributed by atoms with Crippen LogP contribution in [0.3, 0.4) is 0 Å². The lowest BCUT2D eigenvalue weighted by Gasteiger charge is -2.16. The number of ether oxygens (including phenoxy) is 2. The smallest absolute Gasteiger partial charge is 0.325 e. The molecule has 0 radical (unpaired) electrons. The highest BCUT2D eigenvalue weighted by Gasteiger charge is 2.24. The van der Waals surface area contributed by atoms with E-state index in [1.165, 1.54) is 10.8 Å². The zero-order valence-corrected chi connectivity index (χ0v) is 20.7. The lowest BCUT2D eigenvalue weighted by atomic mass is 10.1. The summed E-state index contributed by atoms with van der Waals surface area (Å²) in [5, 5.41) is 8.32. The van der Waals surface area contributed by atoms with Crippen LogP contribution in [0.2, 0.25) is 0 Å². The summed E-state index contributed by atoms with van der Waals surface area (Å²) in [6.45, 7) is 1.87. The Morgan fingerprint density at radius 3 is 2.42 bits per heavy atom. The van der Waals surface area contributed by atoms with Gasteiger partial charge >= 0.3 is 5.97 Å². The molecule has 2 aromatic heterocycles. The molecule has 188 valence electrons. The second kappa shape index (κ2) is 11.3. The summed E-state index contributed by atoms with van der Waals surface area (Å²) >= 11 is 0. The van der Waals surface area contributed by atoms with Crippen molar-refractivity contribution in [3.05, 3.63) is 108 Å². The van der Waals surface area contributed by atoms with Crippen molar-refractivity contribution in [3.8, 4) is 17.6 Å². The monoisotopic (exact) mass is 504 g/mol. The second-order valence-electron chi connectivity index (χ2n) is 8.31. The van der Waals surface area contributed by atoms with Crippen molar-refractivity contribution in [3.63, 3.8) is 0 Å². The van der Waals surface area contributed by atoms with Gasteiger partial charge in [-0.25, -0.2) is 9.50 Å². The predicted molar refractivity (Wildman–Crippen MR) is 143 cm³/mol. The third kappa shape index (κ3) is 5.32. The van der Waals surface area contributed by atoms with Crippen LogP contribution < -0.4 is 10.1 Å². The van der Waals surface area contributed by atoms with Crippen molar-refractivity contribution >= 4 is 28.3 Å². The quantitative estimate of drug-likeness (QED) is 0.264. The van der Waals surface area contributed by atoms with E-state index in [9.17, 15) is 9.59 Å². The van der Waals surface area contributed by atoms with Gasteiger partial charge in [-0.1, -0.05) is 60.4 Å². The lowest BCUT2D eigenvalue weighted by molar-refractivity contribution is -0.141. The van der Waals surface area contributed by atoms with Crippen LogP contribution in [0, 0.1) is 11.8 Å². The number of hydrogen-bond acceptors (Lipinski definition) is 6. The molecule has 0 atom stereocenters. The maximum atomic E-state index is 13.4. The first-order valence-electron chi connectivity index (χ1n) is 12.1. The van der Waals surface area contributed by atoms with E-state index in [0.717, 1.165) is 22.1 Å². The van der Waals surface area contributed by atoms with E-state index in [-0.39, 0.29) is 25.5 Å². The van der Waals surface area contributed by atoms with Crippen LogP contribution in [-0.2, 0) is 16.1 Å². The number of fused-ring (bicyclic) bond motifs is 3. The van der Waals surface area contributed by atoms with E-state index in [1.54, 1.807) is 6.92 Å². The minimum atomic E-state index is -0.537. The van der Waals surface area contributed by atoms with Gasteiger partial charge in [-0.2, -0.15) is 5.10 Å². The van der Waals surface area contributed by atoms with Crippen LogP contribution in [-0.4, -0.2) is 39.6 Å². The number of carbonyl (C=O) groups is 2. The van der Waals surface area contributed by atoms with Gasteiger partial charge in [-0.15, -0.1) is 0 Å². The first-order chi connectivity index (χ1) is 18.6. The van der Waals surface area contributed by atoms with E-state index in [1.807, 2.05) is 78.9 Å². The summed E-state index contributed by atoms with van der Waals surface area (Å²) in [7, 11) is 0. The molecule has 0 aliphatic rings. The first-order valence-corrected chi connectivity index (χ1v) is 12.1. The average molecular weight is 505 g/mol. The molecule has 1 amide bonds. The summed E-state index contributed by atoms with van der Waals surface area (Å²) in [5.41, 5.74) is 3.22. The topological polar surface area (TPSA) is 94.8 Å². The molecule has 0 unspecified atom stereocenters. The van der Waals surface area contributed by atoms with Crippen molar-refractivity contribution < 1.29 is 19.1 Å².